The standard InChI is InChI=1S/C17H27N5O2/c1-11(2)7-13(17(3,4)5)20-14(23)9-22-10-18-15-12(16(22)24)8-19-21(15)6/h8,10-11,13H,7,9H2,1-6H3,(H,20,23)/t13-/m1/s1. The zero-order valence-corrected chi connectivity index (χ0v) is 15.3. The van der Waals surface area contributed by atoms with E-state index in [1.54, 1.807) is 11.7 Å². The molecule has 132 valence electrons. The maximum Gasteiger partial charge on any atom is 0.264 e. The fraction of sp³-hybridized carbons (Fsp3) is 0.647. The van der Waals surface area contributed by atoms with E-state index in [0.29, 0.717) is 17.0 Å². The molecule has 0 saturated heterocycles. The Bertz CT molecular complexity index is 782. The van der Waals surface area contributed by atoms with Gasteiger partial charge in [0.1, 0.15) is 18.3 Å². The van der Waals surface area contributed by atoms with Gasteiger partial charge in [0.25, 0.3) is 5.56 Å². The molecule has 0 aliphatic rings. The highest BCUT2D eigenvalue weighted by molar-refractivity contribution is 5.77. The fourth-order valence-corrected chi connectivity index (χ4v) is 2.67. The van der Waals surface area contributed by atoms with Gasteiger partial charge < -0.3 is 5.32 Å². The molecule has 1 amide bonds. The number of carbonyl (C=O) groups excluding carboxylic acids is 1. The summed E-state index contributed by atoms with van der Waals surface area (Å²) in [5.41, 5.74) is 0.222. The first-order valence-corrected chi connectivity index (χ1v) is 8.26. The number of hydrogen-bond acceptors (Lipinski definition) is 4. The number of nitrogens with zero attached hydrogens (tertiary/aromatic N) is 4. The molecule has 0 aliphatic carbocycles. The van der Waals surface area contributed by atoms with E-state index >= 15 is 0 Å². The minimum atomic E-state index is -0.251. The van der Waals surface area contributed by atoms with E-state index in [0.717, 1.165) is 6.42 Å². The zero-order chi connectivity index (χ0) is 18.1. The Morgan fingerprint density at radius 3 is 2.58 bits per heavy atom. The Morgan fingerprint density at radius 2 is 2.00 bits per heavy atom. The van der Waals surface area contributed by atoms with Crippen LogP contribution in [-0.2, 0) is 18.4 Å². The van der Waals surface area contributed by atoms with Crippen molar-refractivity contribution in [2.45, 2.75) is 53.6 Å². The normalized spacial score (nSPS) is 13.5. The molecule has 0 unspecified atom stereocenters. The second-order valence-corrected chi connectivity index (χ2v) is 7.80. The molecule has 0 radical (unpaired) electrons. The van der Waals surface area contributed by atoms with Gasteiger partial charge in [0, 0.05) is 13.1 Å². The van der Waals surface area contributed by atoms with Crippen molar-refractivity contribution in [3.63, 3.8) is 0 Å². The smallest absolute Gasteiger partial charge is 0.264 e. The SMILES string of the molecule is CC(C)C[C@@H](NC(=O)Cn1cnc2c(cnn2C)c1=O)C(C)(C)C. The fourth-order valence-electron chi connectivity index (χ4n) is 2.67. The van der Waals surface area contributed by atoms with Gasteiger partial charge in [-0.05, 0) is 17.8 Å². The summed E-state index contributed by atoms with van der Waals surface area (Å²) in [5, 5.41) is 7.52. The summed E-state index contributed by atoms with van der Waals surface area (Å²) >= 11 is 0. The third-order valence-electron chi connectivity index (χ3n) is 4.12. The van der Waals surface area contributed by atoms with Crippen LogP contribution in [0.3, 0.4) is 0 Å². The predicted molar refractivity (Wildman–Crippen MR) is 93.6 cm³/mol. The molecular weight excluding hydrogens is 306 g/mol. The van der Waals surface area contributed by atoms with E-state index < -0.39 is 0 Å². The minimum Gasteiger partial charge on any atom is -0.351 e. The third-order valence-corrected chi connectivity index (χ3v) is 4.12. The maximum absolute atomic E-state index is 12.4. The average Bonchev–Trinajstić information content (AvgIpc) is 2.82. The van der Waals surface area contributed by atoms with Gasteiger partial charge in [0.15, 0.2) is 5.65 Å². The summed E-state index contributed by atoms with van der Waals surface area (Å²) in [7, 11) is 1.73. The number of hydrogen-bond donors (Lipinski definition) is 1. The second-order valence-electron chi connectivity index (χ2n) is 7.80. The molecule has 2 heterocycles. The van der Waals surface area contributed by atoms with Crippen molar-refractivity contribution >= 4 is 16.9 Å². The third kappa shape index (κ3) is 4.01. The molecule has 24 heavy (non-hydrogen) atoms. The highest BCUT2D eigenvalue weighted by Gasteiger charge is 2.27. The number of fused-ring (bicyclic) bond motifs is 1. The van der Waals surface area contributed by atoms with Crippen LogP contribution >= 0.6 is 0 Å². The first-order valence-electron chi connectivity index (χ1n) is 8.26. The Morgan fingerprint density at radius 1 is 1.33 bits per heavy atom. The molecule has 0 aromatic carbocycles. The van der Waals surface area contributed by atoms with Crippen molar-refractivity contribution in [3.8, 4) is 0 Å². The number of carbonyl (C=O) groups is 1. The van der Waals surface area contributed by atoms with E-state index in [4.69, 9.17) is 0 Å². The number of rotatable bonds is 5. The molecule has 1 atom stereocenters. The van der Waals surface area contributed by atoms with E-state index in [-0.39, 0.29) is 29.5 Å². The van der Waals surface area contributed by atoms with Crippen LogP contribution in [0.1, 0.15) is 41.0 Å². The van der Waals surface area contributed by atoms with Crippen LogP contribution in [0.4, 0.5) is 0 Å². The lowest BCUT2D eigenvalue weighted by atomic mass is 9.82. The van der Waals surface area contributed by atoms with E-state index in [9.17, 15) is 9.59 Å². The van der Waals surface area contributed by atoms with Crippen molar-refractivity contribution in [2.75, 3.05) is 0 Å². The molecule has 2 aromatic rings. The van der Waals surface area contributed by atoms with Crippen molar-refractivity contribution < 1.29 is 4.79 Å². The van der Waals surface area contributed by atoms with Gasteiger partial charge in [-0.2, -0.15) is 5.10 Å². The van der Waals surface area contributed by atoms with E-state index in [1.807, 2.05) is 0 Å². The van der Waals surface area contributed by atoms with E-state index in [2.05, 4.69) is 50.0 Å². The first kappa shape index (κ1) is 18.2. The molecule has 2 aromatic heterocycles. The van der Waals surface area contributed by atoms with Crippen LogP contribution < -0.4 is 10.9 Å². The summed E-state index contributed by atoms with van der Waals surface area (Å²) in [6.45, 7) is 10.5. The van der Waals surface area contributed by atoms with Gasteiger partial charge in [-0.3, -0.25) is 18.8 Å². The highest BCUT2D eigenvalue weighted by Crippen LogP contribution is 2.24. The van der Waals surface area contributed by atoms with Gasteiger partial charge in [0.2, 0.25) is 5.91 Å². The molecule has 0 aliphatic heterocycles. The van der Waals surface area contributed by atoms with Gasteiger partial charge >= 0.3 is 0 Å². The lowest BCUT2D eigenvalue weighted by Gasteiger charge is -2.33. The predicted octanol–water partition coefficient (Wildman–Crippen LogP) is 1.71. The maximum atomic E-state index is 12.4. The largest absolute Gasteiger partial charge is 0.351 e. The number of nitrogens with one attached hydrogen (secondary N) is 1. The monoisotopic (exact) mass is 333 g/mol. The molecular formula is C17H27N5O2. The lowest BCUT2D eigenvalue weighted by Crippen LogP contribution is -2.46. The Labute approximate surface area is 142 Å². The second kappa shape index (κ2) is 6.75. The van der Waals surface area contributed by atoms with Crippen LogP contribution in [0.2, 0.25) is 0 Å². The number of amides is 1. The molecule has 0 bridgehead atoms. The summed E-state index contributed by atoms with van der Waals surface area (Å²) in [6.07, 6.45) is 3.78. The summed E-state index contributed by atoms with van der Waals surface area (Å²) in [4.78, 5) is 29.1. The Balaban J connectivity index is 2.17. The average molecular weight is 333 g/mol. The Hall–Kier alpha value is -2.18. The Kier molecular flexibility index (Phi) is 5.11. The molecule has 0 fully saturated rings. The molecule has 0 saturated carbocycles. The first-order chi connectivity index (χ1) is 11.1. The summed E-state index contributed by atoms with van der Waals surface area (Å²) in [5.74, 6) is 0.299. The van der Waals surface area contributed by atoms with Gasteiger partial charge in [-0.15, -0.1) is 0 Å². The highest BCUT2D eigenvalue weighted by atomic mass is 16.2. The molecule has 7 heteroatoms. The molecule has 1 N–H and O–H groups in total. The van der Waals surface area contributed by atoms with Crippen LogP contribution in [0.5, 0.6) is 0 Å². The van der Waals surface area contributed by atoms with Crippen molar-refractivity contribution in [1.29, 1.82) is 0 Å². The molecule has 7 nitrogen and oxygen atoms in total. The van der Waals surface area contributed by atoms with Crippen LogP contribution in [0.15, 0.2) is 17.3 Å². The zero-order valence-electron chi connectivity index (χ0n) is 15.3. The summed E-state index contributed by atoms with van der Waals surface area (Å²) < 4.78 is 2.87. The minimum absolute atomic E-state index is 0.0403. The van der Waals surface area contributed by atoms with Gasteiger partial charge in [-0.1, -0.05) is 34.6 Å². The van der Waals surface area contributed by atoms with Crippen molar-refractivity contribution in [2.24, 2.45) is 18.4 Å². The molecule has 2 rings (SSSR count). The summed E-state index contributed by atoms with van der Waals surface area (Å²) in [6, 6.07) is 0.0517. The topological polar surface area (TPSA) is 81.8 Å². The van der Waals surface area contributed by atoms with Crippen LogP contribution in [-0.4, -0.2) is 31.3 Å². The quantitative estimate of drug-likeness (QED) is 0.903. The van der Waals surface area contributed by atoms with Crippen LogP contribution in [0.25, 0.3) is 11.0 Å². The lowest BCUT2D eigenvalue weighted by molar-refractivity contribution is -0.123. The molecule has 0 spiro atoms. The van der Waals surface area contributed by atoms with Gasteiger partial charge in [0.05, 0.1) is 6.20 Å². The van der Waals surface area contributed by atoms with Gasteiger partial charge in [-0.25, -0.2) is 4.98 Å². The number of aromatic nitrogens is 4. The number of aryl methyl sites for hydroxylation is 1. The van der Waals surface area contributed by atoms with Crippen LogP contribution in [0, 0.1) is 11.3 Å². The van der Waals surface area contributed by atoms with Crippen molar-refractivity contribution in [1.82, 2.24) is 24.6 Å². The van der Waals surface area contributed by atoms with Crippen molar-refractivity contribution in [3.05, 3.63) is 22.9 Å². The van der Waals surface area contributed by atoms with E-state index in [1.165, 1.54) is 17.1 Å².